The first-order chi connectivity index (χ1) is 12.4. The van der Waals surface area contributed by atoms with Crippen LogP contribution in [-0.4, -0.2) is 46.6 Å². The van der Waals surface area contributed by atoms with Crippen molar-refractivity contribution in [1.82, 2.24) is 10.2 Å². The van der Waals surface area contributed by atoms with Crippen molar-refractivity contribution in [3.8, 4) is 0 Å². The quantitative estimate of drug-likeness (QED) is 0.776. The molecule has 0 unspecified atom stereocenters. The molecule has 1 aliphatic rings. The van der Waals surface area contributed by atoms with Crippen molar-refractivity contribution in [1.29, 1.82) is 0 Å². The van der Waals surface area contributed by atoms with E-state index in [-0.39, 0.29) is 18.4 Å². The molecule has 0 aromatic heterocycles. The van der Waals surface area contributed by atoms with E-state index in [0.29, 0.717) is 25.8 Å². The molecule has 0 aliphatic carbocycles. The van der Waals surface area contributed by atoms with E-state index in [2.05, 4.69) is 5.32 Å². The fourth-order valence-corrected chi connectivity index (χ4v) is 3.04. The predicted octanol–water partition coefficient (Wildman–Crippen LogP) is 2.40. The molecule has 26 heavy (non-hydrogen) atoms. The van der Waals surface area contributed by atoms with Gasteiger partial charge in [0.05, 0.1) is 0 Å². The molecule has 0 bridgehead atoms. The number of nitrogens with zero attached hydrogens (tertiary/aromatic N) is 1. The molecule has 2 N–H and O–H groups in total. The zero-order valence-corrected chi connectivity index (χ0v) is 15.2. The number of amides is 2. The zero-order chi connectivity index (χ0) is 19.1. The van der Waals surface area contributed by atoms with Crippen LogP contribution in [0.1, 0.15) is 38.7 Å². The molecule has 0 radical (unpaired) electrons. The molecule has 2 amide bonds. The van der Waals surface area contributed by atoms with Crippen LogP contribution >= 0.6 is 0 Å². The van der Waals surface area contributed by atoms with Crippen LogP contribution in [0.5, 0.6) is 0 Å². The van der Waals surface area contributed by atoms with Crippen LogP contribution in [-0.2, 0) is 20.9 Å². The summed E-state index contributed by atoms with van der Waals surface area (Å²) in [4.78, 5) is 37.7. The standard InChI is InChI=1S/C19H26N2O5/c1-3-13(2)16(17(22)21-11-7-10-15(21)18(23)24)20-19(25)26-12-14-8-5-4-6-9-14/h4-6,8-9,13,15-16H,3,7,10-12H2,1-2H3,(H,20,25)(H,23,24)/t13-,15-,16-/m0/s1. The number of hydrogen-bond acceptors (Lipinski definition) is 4. The van der Waals surface area contributed by atoms with Gasteiger partial charge >= 0.3 is 12.1 Å². The van der Waals surface area contributed by atoms with Crippen LogP contribution in [0.3, 0.4) is 0 Å². The van der Waals surface area contributed by atoms with Gasteiger partial charge in [-0.3, -0.25) is 4.79 Å². The van der Waals surface area contributed by atoms with Crippen LogP contribution in [0, 0.1) is 5.92 Å². The number of likely N-dealkylation sites (tertiary alicyclic amines) is 1. The Morgan fingerprint density at radius 1 is 1.31 bits per heavy atom. The number of carbonyl (C=O) groups excluding carboxylic acids is 2. The lowest BCUT2D eigenvalue weighted by molar-refractivity contribution is -0.149. The molecule has 1 saturated heterocycles. The van der Waals surface area contributed by atoms with Crippen molar-refractivity contribution < 1.29 is 24.2 Å². The predicted molar refractivity (Wildman–Crippen MR) is 95.4 cm³/mol. The molecular weight excluding hydrogens is 336 g/mol. The maximum atomic E-state index is 12.9. The summed E-state index contributed by atoms with van der Waals surface area (Å²) in [5, 5.41) is 11.9. The fraction of sp³-hybridized carbons (Fsp3) is 0.526. The molecule has 1 aromatic carbocycles. The number of carbonyl (C=O) groups is 3. The summed E-state index contributed by atoms with van der Waals surface area (Å²) in [6.07, 6.45) is 1.07. The Morgan fingerprint density at radius 3 is 2.62 bits per heavy atom. The van der Waals surface area contributed by atoms with Crippen molar-refractivity contribution >= 4 is 18.0 Å². The Bertz CT molecular complexity index is 634. The normalized spacial score (nSPS) is 18.8. The van der Waals surface area contributed by atoms with Gasteiger partial charge in [-0.05, 0) is 24.3 Å². The first-order valence-electron chi connectivity index (χ1n) is 8.94. The van der Waals surface area contributed by atoms with E-state index in [1.807, 2.05) is 44.2 Å². The molecule has 7 heteroatoms. The highest BCUT2D eigenvalue weighted by atomic mass is 16.5. The van der Waals surface area contributed by atoms with Crippen molar-refractivity contribution in [2.24, 2.45) is 5.92 Å². The SMILES string of the molecule is CC[C@H](C)[C@H](NC(=O)OCc1ccccc1)C(=O)N1CCC[C@H]1C(=O)O. The zero-order valence-electron chi connectivity index (χ0n) is 15.2. The highest BCUT2D eigenvalue weighted by molar-refractivity contribution is 5.90. The van der Waals surface area contributed by atoms with E-state index >= 15 is 0 Å². The van der Waals surface area contributed by atoms with Gasteiger partial charge in [0, 0.05) is 6.54 Å². The summed E-state index contributed by atoms with van der Waals surface area (Å²) in [7, 11) is 0. The smallest absolute Gasteiger partial charge is 0.408 e. The first kappa shape index (κ1) is 19.8. The average molecular weight is 362 g/mol. The molecule has 1 fully saturated rings. The van der Waals surface area contributed by atoms with Gasteiger partial charge < -0.3 is 20.1 Å². The number of aliphatic carboxylic acids is 1. The number of carboxylic acids is 1. The lowest BCUT2D eigenvalue weighted by Crippen LogP contribution is -2.54. The van der Waals surface area contributed by atoms with Crippen LogP contribution in [0.15, 0.2) is 30.3 Å². The summed E-state index contributed by atoms with van der Waals surface area (Å²) < 4.78 is 5.20. The fourth-order valence-electron chi connectivity index (χ4n) is 3.04. The maximum absolute atomic E-state index is 12.9. The van der Waals surface area contributed by atoms with E-state index in [4.69, 9.17) is 4.74 Å². The molecule has 0 saturated carbocycles. The molecule has 7 nitrogen and oxygen atoms in total. The molecule has 1 aliphatic heterocycles. The van der Waals surface area contributed by atoms with Crippen molar-refractivity contribution in [2.45, 2.75) is 51.8 Å². The highest BCUT2D eigenvalue weighted by Gasteiger charge is 2.39. The minimum atomic E-state index is -1.01. The topological polar surface area (TPSA) is 95.9 Å². The van der Waals surface area contributed by atoms with E-state index < -0.39 is 24.1 Å². The van der Waals surface area contributed by atoms with Gasteiger partial charge in [0.15, 0.2) is 0 Å². The Labute approximate surface area is 153 Å². The Balaban J connectivity index is 2.01. The third kappa shape index (κ3) is 4.97. The maximum Gasteiger partial charge on any atom is 0.408 e. The lowest BCUT2D eigenvalue weighted by Gasteiger charge is -2.30. The third-order valence-corrected chi connectivity index (χ3v) is 4.79. The second-order valence-electron chi connectivity index (χ2n) is 6.60. The second kappa shape index (κ2) is 9.22. The molecular formula is C19H26N2O5. The summed E-state index contributed by atoms with van der Waals surface area (Å²) in [5.41, 5.74) is 0.847. The van der Waals surface area contributed by atoms with Gasteiger partial charge in [0.2, 0.25) is 5.91 Å². The van der Waals surface area contributed by atoms with Gasteiger partial charge in [0.1, 0.15) is 18.7 Å². The number of hydrogen-bond donors (Lipinski definition) is 2. The number of benzene rings is 1. The van der Waals surface area contributed by atoms with Gasteiger partial charge in [-0.15, -0.1) is 0 Å². The number of carboxylic acid groups (broad SMARTS) is 1. The molecule has 1 aromatic rings. The number of nitrogens with one attached hydrogen (secondary N) is 1. The number of rotatable bonds is 7. The van der Waals surface area contributed by atoms with Gasteiger partial charge in [-0.1, -0.05) is 50.6 Å². The van der Waals surface area contributed by atoms with E-state index in [0.717, 1.165) is 5.56 Å². The van der Waals surface area contributed by atoms with Crippen LogP contribution in [0.4, 0.5) is 4.79 Å². The van der Waals surface area contributed by atoms with Crippen LogP contribution < -0.4 is 5.32 Å². The summed E-state index contributed by atoms with van der Waals surface area (Å²) in [6.45, 7) is 4.27. The van der Waals surface area contributed by atoms with E-state index in [9.17, 15) is 19.5 Å². The largest absolute Gasteiger partial charge is 0.480 e. The molecule has 0 spiro atoms. The summed E-state index contributed by atoms with van der Waals surface area (Å²) in [5.74, 6) is -1.51. The first-order valence-corrected chi connectivity index (χ1v) is 8.94. The molecule has 1 heterocycles. The molecule has 142 valence electrons. The summed E-state index contributed by atoms with van der Waals surface area (Å²) in [6, 6.07) is 7.62. The monoisotopic (exact) mass is 362 g/mol. The van der Waals surface area contributed by atoms with Crippen LogP contribution in [0.25, 0.3) is 0 Å². The third-order valence-electron chi connectivity index (χ3n) is 4.79. The van der Waals surface area contributed by atoms with E-state index in [1.54, 1.807) is 0 Å². The Hall–Kier alpha value is -2.57. The van der Waals surface area contributed by atoms with Gasteiger partial charge in [-0.2, -0.15) is 0 Å². The number of ether oxygens (including phenoxy) is 1. The van der Waals surface area contributed by atoms with Crippen molar-refractivity contribution in [2.75, 3.05) is 6.54 Å². The van der Waals surface area contributed by atoms with Crippen molar-refractivity contribution in [3.63, 3.8) is 0 Å². The lowest BCUT2D eigenvalue weighted by atomic mass is 9.97. The minimum absolute atomic E-state index is 0.107. The summed E-state index contributed by atoms with van der Waals surface area (Å²) >= 11 is 0. The number of alkyl carbamates (subject to hydrolysis) is 1. The second-order valence-corrected chi connectivity index (χ2v) is 6.60. The Kier molecular flexibility index (Phi) is 7.00. The van der Waals surface area contributed by atoms with E-state index in [1.165, 1.54) is 4.90 Å². The van der Waals surface area contributed by atoms with Crippen LogP contribution in [0.2, 0.25) is 0 Å². The molecule has 3 atom stereocenters. The van der Waals surface area contributed by atoms with Gasteiger partial charge in [0.25, 0.3) is 0 Å². The van der Waals surface area contributed by atoms with Crippen molar-refractivity contribution in [3.05, 3.63) is 35.9 Å². The van der Waals surface area contributed by atoms with Gasteiger partial charge in [-0.25, -0.2) is 9.59 Å². The average Bonchev–Trinajstić information content (AvgIpc) is 3.14. The molecule has 2 rings (SSSR count). The highest BCUT2D eigenvalue weighted by Crippen LogP contribution is 2.21. The Morgan fingerprint density at radius 2 is 2.00 bits per heavy atom. The minimum Gasteiger partial charge on any atom is -0.480 e.